The van der Waals surface area contributed by atoms with Gasteiger partial charge in [-0.1, -0.05) is 30.7 Å². The highest BCUT2D eigenvalue weighted by molar-refractivity contribution is 5.86. The van der Waals surface area contributed by atoms with Crippen molar-refractivity contribution in [2.24, 2.45) is 5.92 Å². The van der Waals surface area contributed by atoms with E-state index in [1.807, 2.05) is 24.1 Å². The van der Waals surface area contributed by atoms with Gasteiger partial charge < -0.3 is 4.90 Å². The van der Waals surface area contributed by atoms with E-state index in [2.05, 4.69) is 16.8 Å². The highest BCUT2D eigenvalue weighted by Gasteiger charge is 2.48. The zero-order valence-electron chi connectivity index (χ0n) is 14.8. The molecule has 1 saturated heterocycles. The lowest BCUT2D eigenvalue weighted by atomic mass is 9.78. The summed E-state index contributed by atoms with van der Waals surface area (Å²) in [5, 5.41) is 0. The Morgan fingerprint density at radius 1 is 1.12 bits per heavy atom. The molecule has 1 amide bonds. The zero-order valence-corrected chi connectivity index (χ0v) is 14.8. The first-order valence-corrected chi connectivity index (χ1v) is 9.14. The van der Waals surface area contributed by atoms with Crippen LogP contribution in [0.15, 0.2) is 42.6 Å². The molecule has 1 saturated carbocycles. The molecule has 3 nitrogen and oxygen atoms in total. The summed E-state index contributed by atoms with van der Waals surface area (Å²) < 4.78 is 13.2. The number of halogens is 1. The third-order valence-electron chi connectivity index (χ3n) is 5.60. The Balaban J connectivity index is 1.56. The van der Waals surface area contributed by atoms with Crippen molar-refractivity contribution in [2.45, 2.75) is 37.6 Å². The molecule has 1 aromatic heterocycles. The monoisotopic (exact) mass is 348 g/mol. The molecule has 132 valence electrons. The van der Waals surface area contributed by atoms with E-state index < -0.39 is 0 Å². The van der Waals surface area contributed by atoms with Crippen LogP contribution >= 0.6 is 0 Å². The maximum atomic E-state index is 13.2. The van der Waals surface area contributed by atoms with Crippen LogP contribution in [0.1, 0.15) is 48.4 Å². The van der Waals surface area contributed by atoms with Gasteiger partial charge in [-0.15, -0.1) is 0 Å². The highest BCUT2D eigenvalue weighted by atomic mass is 19.1. The van der Waals surface area contributed by atoms with Crippen LogP contribution in [0.25, 0.3) is 0 Å². The standard InChI is InChI=1S/C22H21FN2O/c1-25-20-8-3-2-7-18(20)21(22(25)26)19-12-11-16(14-24-19)10-9-15-5-4-6-17(23)13-15/h4-6,11-14,18,20-21H,2-3,7-8H2,1H3/t18-,20+,21-/m1/s1. The van der Waals surface area contributed by atoms with E-state index in [9.17, 15) is 9.18 Å². The average molecular weight is 348 g/mol. The summed E-state index contributed by atoms with van der Waals surface area (Å²) in [6, 6.07) is 10.4. The molecule has 0 bridgehead atoms. The lowest BCUT2D eigenvalue weighted by Crippen LogP contribution is -2.33. The van der Waals surface area contributed by atoms with Crippen molar-refractivity contribution < 1.29 is 9.18 Å². The predicted octanol–water partition coefficient (Wildman–Crippen LogP) is 3.73. The first kappa shape index (κ1) is 16.8. The van der Waals surface area contributed by atoms with Crippen LogP contribution in [-0.2, 0) is 4.79 Å². The van der Waals surface area contributed by atoms with Crippen molar-refractivity contribution in [3.05, 3.63) is 65.2 Å². The number of rotatable bonds is 1. The Labute approximate surface area is 153 Å². The van der Waals surface area contributed by atoms with Crippen molar-refractivity contribution in [2.75, 3.05) is 7.05 Å². The van der Waals surface area contributed by atoms with Gasteiger partial charge in [0.25, 0.3) is 0 Å². The third kappa shape index (κ3) is 3.10. The molecule has 0 radical (unpaired) electrons. The minimum absolute atomic E-state index is 0.129. The summed E-state index contributed by atoms with van der Waals surface area (Å²) >= 11 is 0. The summed E-state index contributed by atoms with van der Waals surface area (Å²) in [5.41, 5.74) is 2.23. The number of likely N-dealkylation sites (N-methyl/N-ethyl adjacent to an activating group) is 1. The molecular formula is C22H21FN2O. The van der Waals surface area contributed by atoms with Gasteiger partial charge in [0.1, 0.15) is 5.82 Å². The van der Waals surface area contributed by atoms with E-state index in [0.29, 0.717) is 17.5 Å². The molecule has 0 spiro atoms. The molecule has 1 aliphatic carbocycles. The van der Waals surface area contributed by atoms with E-state index >= 15 is 0 Å². The maximum Gasteiger partial charge on any atom is 0.232 e. The van der Waals surface area contributed by atoms with E-state index in [4.69, 9.17) is 0 Å². The fourth-order valence-electron chi connectivity index (χ4n) is 4.30. The molecule has 4 rings (SSSR count). The quantitative estimate of drug-likeness (QED) is 0.736. The Morgan fingerprint density at radius 2 is 1.92 bits per heavy atom. The Bertz CT molecular complexity index is 881. The zero-order chi connectivity index (χ0) is 18.1. The molecule has 2 fully saturated rings. The smallest absolute Gasteiger partial charge is 0.232 e. The van der Waals surface area contributed by atoms with Crippen molar-refractivity contribution in [3.63, 3.8) is 0 Å². The molecule has 2 aromatic rings. The van der Waals surface area contributed by atoms with Gasteiger partial charge in [-0.05, 0) is 49.1 Å². The number of fused-ring (bicyclic) bond motifs is 1. The number of likely N-dealkylation sites (tertiary alicyclic amines) is 1. The molecule has 0 N–H and O–H groups in total. The maximum absolute atomic E-state index is 13.2. The predicted molar refractivity (Wildman–Crippen MR) is 97.9 cm³/mol. The van der Waals surface area contributed by atoms with Crippen LogP contribution in [0.3, 0.4) is 0 Å². The van der Waals surface area contributed by atoms with Gasteiger partial charge in [0, 0.05) is 30.4 Å². The van der Waals surface area contributed by atoms with Crippen LogP contribution in [0.2, 0.25) is 0 Å². The first-order chi connectivity index (χ1) is 12.6. The number of nitrogens with zero attached hydrogens (tertiary/aromatic N) is 2. The number of carbonyl (C=O) groups excluding carboxylic acids is 1. The van der Waals surface area contributed by atoms with Gasteiger partial charge in [-0.25, -0.2) is 4.39 Å². The Hall–Kier alpha value is -2.67. The number of amides is 1. The van der Waals surface area contributed by atoms with Crippen molar-refractivity contribution in [3.8, 4) is 11.8 Å². The molecule has 3 atom stereocenters. The van der Waals surface area contributed by atoms with Crippen LogP contribution in [-0.4, -0.2) is 28.9 Å². The van der Waals surface area contributed by atoms with Crippen LogP contribution in [0.4, 0.5) is 4.39 Å². The van der Waals surface area contributed by atoms with Gasteiger partial charge in [-0.2, -0.15) is 0 Å². The second-order valence-corrected chi connectivity index (χ2v) is 7.17. The van der Waals surface area contributed by atoms with Crippen LogP contribution in [0, 0.1) is 23.6 Å². The van der Waals surface area contributed by atoms with Gasteiger partial charge in [0.05, 0.1) is 11.6 Å². The lowest BCUT2D eigenvalue weighted by molar-refractivity contribution is -0.128. The number of benzene rings is 1. The normalized spacial score (nSPS) is 24.8. The molecule has 1 aromatic carbocycles. The molecule has 0 unspecified atom stereocenters. The fourth-order valence-corrected chi connectivity index (χ4v) is 4.30. The van der Waals surface area contributed by atoms with Gasteiger partial charge >= 0.3 is 0 Å². The van der Waals surface area contributed by atoms with Gasteiger partial charge in [0.15, 0.2) is 0 Å². The topological polar surface area (TPSA) is 33.2 Å². The number of hydrogen-bond acceptors (Lipinski definition) is 2. The number of hydrogen-bond donors (Lipinski definition) is 0. The molecule has 2 aliphatic rings. The molecule has 1 aliphatic heterocycles. The van der Waals surface area contributed by atoms with Crippen molar-refractivity contribution >= 4 is 5.91 Å². The number of pyridine rings is 1. The fraction of sp³-hybridized carbons (Fsp3) is 0.364. The first-order valence-electron chi connectivity index (χ1n) is 9.14. The summed E-state index contributed by atoms with van der Waals surface area (Å²) in [6.45, 7) is 0. The van der Waals surface area contributed by atoms with Gasteiger partial charge in [0.2, 0.25) is 5.91 Å². The Kier molecular flexibility index (Phi) is 4.46. The van der Waals surface area contributed by atoms with Crippen molar-refractivity contribution in [1.82, 2.24) is 9.88 Å². The molecule has 26 heavy (non-hydrogen) atoms. The van der Waals surface area contributed by atoms with E-state index in [0.717, 1.165) is 24.1 Å². The largest absolute Gasteiger partial charge is 0.342 e. The minimum Gasteiger partial charge on any atom is -0.342 e. The third-order valence-corrected chi connectivity index (χ3v) is 5.60. The summed E-state index contributed by atoms with van der Waals surface area (Å²) in [4.78, 5) is 19.2. The SMILES string of the molecule is CN1C(=O)[C@@H](c2ccc(C#Cc3cccc(F)c3)cn2)[C@@H]2CCCC[C@@H]21. The number of aromatic nitrogens is 1. The highest BCUT2D eigenvalue weighted by Crippen LogP contribution is 2.44. The van der Waals surface area contributed by atoms with Crippen molar-refractivity contribution in [1.29, 1.82) is 0 Å². The number of carbonyl (C=O) groups is 1. The molecular weight excluding hydrogens is 327 g/mol. The van der Waals surface area contributed by atoms with Crippen LogP contribution in [0.5, 0.6) is 0 Å². The van der Waals surface area contributed by atoms with E-state index in [1.165, 1.54) is 25.0 Å². The lowest BCUT2D eigenvalue weighted by Gasteiger charge is -2.29. The average Bonchev–Trinajstić information content (AvgIpc) is 2.92. The van der Waals surface area contributed by atoms with E-state index in [-0.39, 0.29) is 17.6 Å². The van der Waals surface area contributed by atoms with E-state index in [1.54, 1.807) is 18.3 Å². The summed E-state index contributed by atoms with van der Waals surface area (Å²) in [7, 11) is 1.92. The Morgan fingerprint density at radius 3 is 2.69 bits per heavy atom. The van der Waals surface area contributed by atoms with Crippen LogP contribution < -0.4 is 0 Å². The molecule has 2 heterocycles. The molecule has 4 heteroatoms. The second kappa shape index (κ2) is 6.92. The van der Waals surface area contributed by atoms with Gasteiger partial charge in [-0.3, -0.25) is 9.78 Å². The summed E-state index contributed by atoms with van der Waals surface area (Å²) in [6.07, 6.45) is 6.30. The summed E-state index contributed by atoms with van der Waals surface area (Å²) in [5.74, 6) is 6.09. The minimum atomic E-state index is -0.295. The second-order valence-electron chi connectivity index (χ2n) is 7.17.